The van der Waals surface area contributed by atoms with Crippen molar-refractivity contribution in [2.24, 2.45) is 5.73 Å². The normalized spacial score (nSPS) is 11.9. The number of nitrogens with zero attached hydrogens (tertiary/aromatic N) is 2. The van der Waals surface area contributed by atoms with Gasteiger partial charge in [-0.25, -0.2) is 0 Å². The maximum Gasteiger partial charge on any atom is 0.236 e. The van der Waals surface area contributed by atoms with Gasteiger partial charge in [-0.1, -0.05) is 78.9 Å². The van der Waals surface area contributed by atoms with Crippen molar-refractivity contribution in [3.63, 3.8) is 0 Å². The molecule has 1 atom stereocenters. The third-order valence-electron chi connectivity index (χ3n) is 4.87. The predicted octanol–water partition coefficient (Wildman–Crippen LogP) is 3.68. The van der Waals surface area contributed by atoms with Gasteiger partial charge in [0, 0.05) is 25.3 Å². The Morgan fingerprint density at radius 1 is 0.786 bits per heavy atom. The van der Waals surface area contributed by atoms with Gasteiger partial charge in [0.05, 0.1) is 0 Å². The molecule has 4 heteroatoms. The van der Waals surface area contributed by atoms with Crippen LogP contribution in [0, 0.1) is 0 Å². The summed E-state index contributed by atoms with van der Waals surface area (Å²) in [4.78, 5) is 16.5. The Labute approximate surface area is 167 Å². The van der Waals surface area contributed by atoms with Crippen LogP contribution in [0.25, 0.3) is 0 Å². The first kappa shape index (κ1) is 19.6. The van der Waals surface area contributed by atoms with E-state index in [0.29, 0.717) is 19.6 Å². The van der Waals surface area contributed by atoms with Crippen LogP contribution in [0.5, 0.6) is 0 Å². The molecule has 0 unspecified atom stereocenters. The second kappa shape index (κ2) is 9.72. The number of carbonyl (C=O) groups excluding carboxylic acids is 1. The minimum absolute atomic E-state index is 0.313. The second-order valence-electron chi connectivity index (χ2n) is 7.02. The van der Waals surface area contributed by atoms with Gasteiger partial charge in [-0.2, -0.15) is 0 Å². The average molecular weight is 374 g/mol. The molecule has 0 spiro atoms. The Hall–Kier alpha value is -3.11. The van der Waals surface area contributed by atoms with Crippen molar-refractivity contribution in [3.8, 4) is 0 Å². The first-order valence-corrected chi connectivity index (χ1v) is 9.51. The maximum absolute atomic E-state index is 12.3. The van der Waals surface area contributed by atoms with Crippen LogP contribution in [0.15, 0.2) is 91.0 Å². The fourth-order valence-electron chi connectivity index (χ4n) is 3.34. The van der Waals surface area contributed by atoms with Crippen molar-refractivity contribution in [1.29, 1.82) is 0 Å². The molecule has 2 N–H and O–H groups in total. The number of hydrogen-bond acceptors (Lipinski definition) is 3. The molecule has 0 aromatic heterocycles. The molecule has 3 aromatic rings. The highest BCUT2D eigenvalue weighted by Gasteiger charge is 2.24. The zero-order chi connectivity index (χ0) is 19.8. The topological polar surface area (TPSA) is 49.6 Å². The van der Waals surface area contributed by atoms with E-state index in [1.807, 2.05) is 66.5 Å². The van der Waals surface area contributed by atoms with Crippen LogP contribution in [0.4, 0.5) is 5.69 Å². The van der Waals surface area contributed by atoms with E-state index in [1.54, 1.807) is 0 Å². The van der Waals surface area contributed by atoms with Gasteiger partial charge in [0.25, 0.3) is 0 Å². The van der Waals surface area contributed by atoms with E-state index in [0.717, 1.165) is 11.3 Å². The highest BCUT2D eigenvalue weighted by Crippen LogP contribution is 2.19. The van der Waals surface area contributed by atoms with E-state index < -0.39 is 6.04 Å². The molecule has 0 aliphatic heterocycles. The molecule has 0 aliphatic rings. The largest absolute Gasteiger partial charge is 0.368 e. The molecule has 0 fully saturated rings. The molecular weight excluding hydrogens is 346 g/mol. The van der Waals surface area contributed by atoms with E-state index in [1.165, 1.54) is 5.56 Å². The molecule has 0 saturated heterocycles. The highest BCUT2D eigenvalue weighted by molar-refractivity contribution is 5.80. The van der Waals surface area contributed by atoms with Gasteiger partial charge >= 0.3 is 0 Å². The number of primary amides is 1. The van der Waals surface area contributed by atoms with Crippen LogP contribution in [-0.2, 0) is 17.9 Å². The molecule has 0 saturated carbocycles. The molecule has 3 rings (SSSR count). The Kier molecular flexibility index (Phi) is 6.82. The van der Waals surface area contributed by atoms with Gasteiger partial charge in [-0.15, -0.1) is 0 Å². The Morgan fingerprint density at radius 3 is 1.75 bits per heavy atom. The number of nitrogens with two attached hydrogens (primary N) is 1. The molecule has 28 heavy (non-hydrogen) atoms. The van der Waals surface area contributed by atoms with Crippen LogP contribution in [-0.4, -0.2) is 30.4 Å². The standard InChI is InChI=1S/C24H27N3O/c1-26(17-20-11-5-2-6-12-20)23(24(25)28)19-27(22-15-9-4-10-16-22)18-21-13-7-3-8-14-21/h2-16,23H,17-19H2,1H3,(H2,25,28)/t23-/m1/s1. The summed E-state index contributed by atoms with van der Waals surface area (Å²) in [5.74, 6) is -0.313. The molecule has 0 radical (unpaired) electrons. The van der Waals surface area contributed by atoms with Gasteiger partial charge in [0.2, 0.25) is 5.91 Å². The lowest BCUT2D eigenvalue weighted by atomic mass is 10.1. The van der Waals surface area contributed by atoms with Crippen molar-refractivity contribution < 1.29 is 4.79 Å². The first-order chi connectivity index (χ1) is 13.6. The second-order valence-corrected chi connectivity index (χ2v) is 7.02. The van der Waals surface area contributed by atoms with Gasteiger partial charge in [-0.3, -0.25) is 9.69 Å². The van der Waals surface area contributed by atoms with Gasteiger partial charge in [0.15, 0.2) is 0 Å². The molecule has 3 aromatic carbocycles. The van der Waals surface area contributed by atoms with Gasteiger partial charge in [-0.05, 0) is 30.3 Å². The van der Waals surface area contributed by atoms with Crippen LogP contribution < -0.4 is 10.6 Å². The zero-order valence-corrected chi connectivity index (χ0v) is 16.2. The summed E-state index contributed by atoms with van der Waals surface area (Å²) < 4.78 is 0. The first-order valence-electron chi connectivity index (χ1n) is 9.51. The van der Waals surface area contributed by atoms with Crippen molar-refractivity contribution >= 4 is 11.6 Å². The molecule has 144 valence electrons. The summed E-state index contributed by atoms with van der Waals surface area (Å²) in [6.45, 7) is 1.91. The summed E-state index contributed by atoms with van der Waals surface area (Å²) in [6, 6.07) is 30.2. The number of amides is 1. The summed E-state index contributed by atoms with van der Waals surface area (Å²) in [5, 5.41) is 0. The van der Waals surface area contributed by atoms with Crippen LogP contribution in [0.3, 0.4) is 0 Å². The highest BCUT2D eigenvalue weighted by atomic mass is 16.1. The minimum Gasteiger partial charge on any atom is -0.368 e. The van der Waals surface area contributed by atoms with E-state index in [-0.39, 0.29) is 5.91 Å². The number of likely N-dealkylation sites (N-methyl/N-ethyl adjacent to an activating group) is 1. The molecule has 0 aliphatic carbocycles. The number of benzene rings is 3. The molecule has 0 bridgehead atoms. The summed E-state index contributed by atoms with van der Waals surface area (Å²) in [7, 11) is 1.95. The number of rotatable bonds is 9. The third kappa shape index (κ3) is 5.44. The van der Waals surface area contributed by atoms with E-state index in [4.69, 9.17) is 5.73 Å². The maximum atomic E-state index is 12.3. The third-order valence-corrected chi connectivity index (χ3v) is 4.87. The number of para-hydroxylation sites is 1. The van der Waals surface area contributed by atoms with E-state index in [2.05, 4.69) is 41.3 Å². The molecule has 4 nitrogen and oxygen atoms in total. The number of anilines is 1. The fraction of sp³-hybridized carbons (Fsp3) is 0.208. The van der Waals surface area contributed by atoms with E-state index in [9.17, 15) is 4.79 Å². The number of carbonyl (C=O) groups is 1. The predicted molar refractivity (Wildman–Crippen MR) is 115 cm³/mol. The van der Waals surface area contributed by atoms with Crippen molar-refractivity contribution in [3.05, 3.63) is 102 Å². The Balaban J connectivity index is 1.80. The molecule has 0 heterocycles. The van der Waals surface area contributed by atoms with Crippen LogP contribution >= 0.6 is 0 Å². The molecule has 1 amide bonds. The summed E-state index contributed by atoms with van der Waals surface area (Å²) in [5.41, 5.74) is 9.23. The zero-order valence-electron chi connectivity index (χ0n) is 16.2. The van der Waals surface area contributed by atoms with Gasteiger partial charge in [0.1, 0.15) is 6.04 Å². The van der Waals surface area contributed by atoms with E-state index >= 15 is 0 Å². The van der Waals surface area contributed by atoms with Crippen LogP contribution in [0.1, 0.15) is 11.1 Å². The fourth-order valence-corrected chi connectivity index (χ4v) is 3.34. The number of hydrogen-bond donors (Lipinski definition) is 1. The van der Waals surface area contributed by atoms with Gasteiger partial charge < -0.3 is 10.6 Å². The Bertz CT molecular complexity index is 853. The Morgan fingerprint density at radius 2 is 1.25 bits per heavy atom. The monoisotopic (exact) mass is 373 g/mol. The summed E-state index contributed by atoms with van der Waals surface area (Å²) in [6.07, 6.45) is 0. The summed E-state index contributed by atoms with van der Waals surface area (Å²) >= 11 is 0. The van der Waals surface area contributed by atoms with Crippen molar-refractivity contribution in [2.75, 3.05) is 18.5 Å². The lowest BCUT2D eigenvalue weighted by Gasteiger charge is -2.33. The minimum atomic E-state index is -0.399. The van der Waals surface area contributed by atoms with Crippen molar-refractivity contribution in [1.82, 2.24) is 4.90 Å². The SMILES string of the molecule is CN(Cc1ccccc1)[C@H](CN(Cc1ccccc1)c1ccccc1)C(N)=O. The lowest BCUT2D eigenvalue weighted by molar-refractivity contribution is -0.122. The van der Waals surface area contributed by atoms with Crippen LogP contribution in [0.2, 0.25) is 0 Å². The molecular formula is C24H27N3O. The van der Waals surface area contributed by atoms with Crippen molar-refractivity contribution in [2.45, 2.75) is 19.1 Å². The lowest BCUT2D eigenvalue weighted by Crippen LogP contribution is -2.49. The smallest absolute Gasteiger partial charge is 0.236 e. The average Bonchev–Trinajstić information content (AvgIpc) is 2.73. The quantitative estimate of drug-likeness (QED) is 0.622.